The first-order valence-electron chi connectivity index (χ1n) is 10.4. The normalized spacial score (nSPS) is 13.0. The molecule has 2 aromatic carbocycles. The smallest absolute Gasteiger partial charge is 0.181 e. The van der Waals surface area contributed by atoms with Crippen LogP contribution >= 0.6 is 31.9 Å². The third-order valence-corrected chi connectivity index (χ3v) is 5.49. The van der Waals surface area contributed by atoms with E-state index in [1.807, 2.05) is 48.5 Å². The number of nitrogens with zero attached hydrogens (tertiary/aromatic N) is 4. The van der Waals surface area contributed by atoms with E-state index in [-0.39, 0.29) is 23.0 Å². The van der Waals surface area contributed by atoms with E-state index in [1.165, 1.54) is 13.8 Å². The summed E-state index contributed by atoms with van der Waals surface area (Å²) in [6.07, 6.45) is 0. The molecule has 0 saturated heterocycles. The molecule has 0 aromatic heterocycles. The van der Waals surface area contributed by atoms with Crippen LogP contribution in [-0.2, 0) is 9.59 Å². The summed E-state index contributed by atoms with van der Waals surface area (Å²) in [7, 11) is 0. The van der Waals surface area contributed by atoms with Crippen LogP contribution in [0.2, 0.25) is 0 Å². The highest BCUT2D eigenvalue weighted by Gasteiger charge is 2.11. The zero-order valence-electron chi connectivity index (χ0n) is 19.4. The molecule has 2 rings (SSSR count). The molecule has 0 atom stereocenters. The molecule has 2 aromatic rings. The highest BCUT2D eigenvalue weighted by Crippen LogP contribution is 2.15. The lowest BCUT2D eigenvalue weighted by molar-refractivity contribution is -0.111. The molecule has 0 aliphatic rings. The maximum absolute atomic E-state index is 12.0. The van der Waals surface area contributed by atoms with Crippen molar-refractivity contribution in [3.05, 3.63) is 57.5 Å². The molecule has 2 N–H and O–H groups in total. The standard InChI is InChI=1S/C24H26Br2N6O2/c1-15(23(17(3)33)31-29-21-9-5-19(25)6-10-21)27-13-14-28-16(2)24(18(4)34)32-30-22-11-7-20(26)8-12-22/h5-12,29-30H,13-14H2,1-4H3/b27-15?,28-16?,31-23-,32-24-. The maximum Gasteiger partial charge on any atom is 0.181 e. The number of carbonyl (C=O) groups excluding carboxylic acids is 2. The van der Waals surface area contributed by atoms with Gasteiger partial charge in [0.25, 0.3) is 0 Å². The van der Waals surface area contributed by atoms with E-state index < -0.39 is 0 Å². The second-order valence-corrected chi connectivity index (χ2v) is 9.04. The minimum Gasteiger partial charge on any atom is -0.293 e. The first-order valence-corrected chi connectivity index (χ1v) is 12.0. The number of ketones is 2. The summed E-state index contributed by atoms with van der Waals surface area (Å²) in [4.78, 5) is 32.9. The average molecular weight is 590 g/mol. The monoisotopic (exact) mass is 588 g/mol. The van der Waals surface area contributed by atoms with Gasteiger partial charge in [0.15, 0.2) is 11.6 Å². The second kappa shape index (κ2) is 13.7. The summed E-state index contributed by atoms with van der Waals surface area (Å²) >= 11 is 6.75. The van der Waals surface area contributed by atoms with Crippen LogP contribution in [0.15, 0.2) is 77.7 Å². The number of hydrogen-bond acceptors (Lipinski definition) is 8. The van der Waals surface area contributed by atoms with Gasteiger partial charge in [-0.1, -0.05) is 31.9 Å². The molecule has 0 amide bonds. The predicted molar refractivity (Wildman–Crippen MR) is 148 cm³/mol. The molecule has 0 aliphatic carbocycles. The molecule has 8 nitrogen and oxygen atoms in total. The summed E-state index contributed by atoms with van der Waals surface area (Å²) in [5, 5.41) is 8.41. The van der Waals surface area contributed by atoms with Crippen molar-refractivity contribution < 1.29 is 9.59 Å². The zero-order chi connectivity index (χ0) is 25.1. The van der Waals surface area contributed by atoms with Crippen LogP contribution in [0.4, 0.5) is 11.4 Å². The van der Waals surface area contributed by atoms with Crippen LogP contribution in [0, 0.1) is 0 Å². The van der Waals surface area contributed by atoms with E-state index in [4.69, 9.17) is 0 Å². The number of halogens is 2. The number of anilines is 2. The fraction of sp³-hybridized carbons (Fsp3) is 0.250. The van der Waals surface area contributed by atoms with E-state index >= 15 is 0 Å². The van der Waals surface area contributed by atoms with Gasteiger partial charge in [0.1, 0.15) is 11.4 Å². The number of hydrazone groups is 2. The van der Waals surface area contributed by atoms with Gasteiger partial charge in [0, 0.05) is 22.8 Å². The Morgan fingerprint density at radius 2 is 0.971 bits per heavy atom. The van der Waals surface area contributed by atoms with Gasteiger partial charge in [-0.15, -0.1) is 0 Å². The summed E-state index contributed by atoms with van der Waals surface area (Å²) in [5.41, 5.74) is 8.75. The summed E-state index contributed by atoms with van der Waals surface area (Å²) in [5.74, 6) is -0.397. The van der Waals surface area contributed by atoms with Gasteiger partial charge < -0.3 is 0 Å². The van der Waals surface area contributed by atoms with E-state index in [0.717, 1.165) is 20.3 Å². The van der Waals surface area contributed by atoms with Crippen molar-refractivity contribution in [2.45, 2.75) is 27.7 Å². The Kier molecular flexibility index (Phi) is 11.0. The predicted octanol–water partition coefficient (Wildman–Crippen LogP) is 5.55. The van der Waals surface area contributed by atoms with Crippen LogP contribution in [0.1, 0.15) is 27.7 Å². The molecule has 0 radical (unpaired) electrons. The van der Waals surface area contributed by atoms with E-state index in [1.54, 1.807) is 13.8 Å². The lowest BCUT2D eigenvalue weighted by Gasteiger charge is -2.06. The van der Waals surface area contributed by atoms with Crippen LogP contribution < -0.4 is 10.9 Å². The van der Waals surface area contributed by atoms with Crippen molar-refractivity contribution in [3.8, 4) is 0 Å². The number of Topliss-reactive ketones (excluding diaryl/α,β-unsaturated/α-hetero) is 2. The van der Waals surface area contributed by atoms with Gasteiger partial charge in [-0.3, -0.25) is 30.4 Å². The number of benzene rings is 2. The number of aliphatic imine (C=N–C) groups is 2. The van der Waals surface area contributed by atoms with Crippen LogP contribution in [-0.4, -0.2) is 47.5 Å². The van der Waals surface area contributed by atoms with E-state index in [9.17, 15) is 9.59 Å². The SMILES string of the molecule is CC(=O)/C(=N\Nc1ccc(Br)cc1)C(C)=NCCN=C(C)/C(=N/Nc1ccc(Br)cc1)C(C)=O. The highest BCUT2D eigenvalue weighted by molar-refractivity contribution is 9.10. The molecule has 34 heavy (non-hydrogen) atoms. The van der Waals surface area contributed by atoms with E-state index in [2.05, 4.69) is 62.9 Å². The third kappa shape index (κ3) is 9.11. The Bertz CT molecular complexity index is 1050. The molecule has 178 valence electrons. The first-order chi connectivity index (χ1) is 16.2. The summed E-state index contributed by atoms with van der Waals surface area (Å²) < 4.78 is 1.90. The lowest BCUT2D eigenvalue weighted by atomic mass is 10.2. The molecule has 0 fully saturated rings. The van der Waals surface area contributed by atoms with Gasteiger partial charge in [-0.25, -0.2) is 0 Å². The van der Waals surface area contributed by atoms with Crippen LogP contribution in [0.25, 0.3) is 0 Å². The van der Waals surface area contributed by atoms with Gasteiger partial charge >= 0.3 is 0 Å². The molecule has 0 unspecified atom stereocenters. The van der Waals surface area contributed by atoms with Crippen molar-refractivity contribution >= 4 is 77.6 Å². The van der Waals surface area contributed by atoms with Crippen molar-refractivity contribution in [1.82, 2.24) is 0 Å². The Labute approximate surface area is 216 Å². The van der Waals surface area contributed by atoms with Crippen molar-refractivity contribution in [2.75, 3.05) is 23.9 Å². The minimum absolute atomic E-state index is 0.199. The van der Waals surface area contributed by atoms with Gasteiger partial charge in [-0.05, 0) is 62.4 Å². The van der Waals surface area contributed by atoms with Crippen molar-refractivity contribution in [3.63, 3.8) is 0 Å². The second-order valence-electron chi connectivity index (χ2n) is 7.20. The third-order valence-electron chi connectivity index (χ3n) is 4.43. The topological polar surface area (TPSA) is 108 Å². The molecule has 0 spiro atoms. The van der Waals surface area contributed by atoms with Gasteiger partial charge in [-0.2, -0.15) is 10.2 Å². The highest BCUT2D eigenvalue weighted by atomic mass is 79.9. The lowest BCUT2D eigenvalue weighted by Crippen LogP contribution is -2.22. The minimum atomic E-state index is -0.199. The molecule has 0 saturated carbocycles. The van der Waals surface area contributed by atoms with Crippen molar-refractivity contribution in [1.29, 1.82) is 0 Å². The molecule has 0 aliphatic heterocycles. The number of rotatable bonds is 11. The quantitative estimate of drug-likeness (QED) is 0.203. The Balaban J connectivity index is 2.02. The fourth-order valence-electron chi connectivity index (χ4n) is 2.70. The van der Waals surface area contributed by atoms with Gasteiger partial charge in [0.2, 0.25) is 0 Å². The molecule has 0 heterocycles. The molecule has 0 bridgehead atoms. The fourth-order valence-corrected chi connectivity index (χ4v) is 3.23. The largest absolute Gasteiger partial charge is 0.293 e. The summed E-state index contributed by atoms with van der Waals surface area (Å²) in [6.45, 7) is 7.00. The number of nitrogens with one attached hydrogen (secondary N) is 2. The molecular formula is C24H26Br2N6O2. The Morgan fingerprint density at radius 1 is 0.647 bits per heavy atom. The van der Waals surface area contributed by atoms with Crippen LogP contribution in [0.3, 0.4) is 0 Å². The Hall–Kier alpha value is -2.98. The number of carbonyl (C=O) groups is 2. The molecular weight excluding hydrogens is 564 g/mol. The van der Waals surface area contributed by atoms with Crippen LogP contribution in [0.5, 0.6) is 0 Å². The Morgan fingerprint density at radius 3 is 1.26 bits per heavy atom. The first kappa shape index (κ1) is 27.3. The van der Waals surface area contributed by atoms with E-state index in [0.29, 0.717) is 24.5 Å². The van der Waals surface area contributed by atoms with Gasteiger partial charge in [0.05, 0.1) is 35.9 Å². The van der Waals surface area contributed by atoms with Crippen molar-refractivity contribution in [2.24, 2.45) is 20.2 Å². The number of hydrogen-bond donors (Lipinski definition) is 2. The maximum atomic E-state index is 12.0. The average Bonchev–Trinajstić information content (AvgIpc) is 2.79. The zero-order valence-corrected chi connectivity index (χ0v) is 22.6. The summed E-state index contributed by atoms with van der Waals surface area (Å²) in [6, 6.07) is 14.9. The molecule has 10 heteroatoms.